The van der Waals surface area contributed by atoms with E-state index in [0.29, 0.717) is 28.9 Å². The average molecular weight is 395 g/mol. The Hall–Kier alpha value is -3.68. The first kappa shape index (κ1) is 20.1. The van der Waals surface area contributed by atoms with Gasteiger partial charge in [-0.15, -0.1) is 0 Å². The minimum atomic E-state index is -1.16. The molecule has 0 radical (unpaired) electrons. The highest BCUT2D eigenvalue weighted by molar-refractivity contribution is 6.05. The summed E-state index contributed by atoms with van der Waals surface area (Å²) in [7, 11) is 0. The van der Waals surface area contributed by atoms with E-state index in [9.17, 15) is 14.4 Å². The highest BCUT2D eigenvalue weighted by Crippen LogP contribution is 2.27. The van der Waals surface area contributed by atoms with Crippen molar-refractivity contribution in [2.45, 2.75) is 26.9 Å². The lowest BCUT2D eigenvalue weighted by Crippen LogP contribution is -2.44. The Balaban J connectivity index is 1.88. The number of amides is 3. The molecule has 0 bridgehead atoms. The number of furan rings is 1. The third-order valence-electron chi connectivity index (χ3n) is 4.16. The molecule has 29 heavy (non-hydrogen) atoms. The zero-order valence-electron chi connectivity index (χ0n) is 16.3. The molecule has 8 nitrogen and oxygen atoms in total. The molecule has 0 aliphatic heterocycles. The summed E-state index contributed by atoms with van der Waals surface area (Å²) in [6.07, 6.45) is -1.16. The fourth-order valence-corrected chi connectivity index (χ4v) is 2.74. The number of imide groups is 1. The standard InChI is InChI=1S/C21H21N3O5/c1-4-22-21(27)24-19(25)13(3)29-20(26)15-11-17(18-10-9-12(2)28-18)23-16-8-6-5-7-14(15)16/h5-11,13H,4H2,1-3H3,(H2,22,24,25,27)/t13-/m1/s1. The predicted octanol–water partition coefficient (Wildman–Crippen LogP) is 3.19. The van der Waals surface area contributed by atoms with E-state index in [2.05, 4.69) is 15.6 Å². The van der Waals surface area contributed by atoms with Gasteiger partial charge in [0, 0.05) is 11.9 Å². The summed E-state index contributed by atoms with van der Waals surface area (Å²) in [6.45, 7) is 5.30. The quantitative estimate of drug-likeness (QED) is 0.642. The minimum absolute atomic E-state index is 0.248. The monoisotopic (exact) mass is 395 g/mol. The molecule has 150 valence electrons. The topological polar surface area (TPSA) is 111 Å². The zero-order valence-corrected chi connectivity index (χ0v) is 16.3. The molecule has 3 amide bonds. The molecule has 0 saturated heterocycles. The fourth-order valence-electron chi connectivity index (χ4n) is 2.74. The molecule has 3 rings (SSSR count). The summed E-state index contributed by atoms with van der Waals surface area (Å²) in [5.41, 5.74) is 1.31. The van der Waals surface area contributed by atoms with Crippen LogP contribution in [0.15, 0.2) is 46.9 Å². The second-order valence-electron chi connectivity index (χ2n) is 6.38. The Labute approximate surface area is 167 Å². The lowest BCUT2D eigenvalue weighted by atomic mass is 10.1. The number of ether oxygens (including phenoxy) is 1. The van der Waals surface area contributed by atoms with Crippen molar-refractivity contribution in [3.05, 3.63) is 53.8 Å². The van der Waals surface area contributed by atoms with Gasteiger partial charge < -0.3 is 14.5 Å². The summed E-state index contributed by atoms with van der Waals surface area (Å²) in [5.74, 6) is -0.185. The van der Waals surface area contributed by atoms with Crippen LogP contribution in [0.2, 0.25) is 0 Å². The molecule has 3 aromatic rings. The SMILES string of the molecule is CCNC(=O)NC(=O)[C@@H](C)OC(=O)c1cc(-c2ccc(C)o2)nc2ccccc12. The number of hydrogen-bond donors (Lipinski definition) is 2. The largest absolute Gasteiger partial charge is 0.460 e. The van der Waals surface area contributed by atoms with Crippen molar-refractivity contribution < 1.29 is 23.5 Å². The van der Waals surface area contributed by atoms with Crippen LogP contribution in [0.1, 0.15) is 30.0 Å². The van der Waals surface area contributed by atoms with Crippen LogP contribution >= 0.6 is 0 Å². The summed E-state index contributed by atoms with van der Waals surface area (Å²) >= 11 is 0. The second kappa shape index (κ2) is 8.55. The number of urea groups is 1. The first-order chi connectivity index (χ1) is 13.9. The number of nitrogens with zero attached hydrogens (tertiary/aromatic N) is 1. The van der Waals surface area contributed by atoms with E-state index in [4.69, 9.17) is 9.15 Å². The number of pyridine rings is 1. The van der Waals surface area contributed by atoms with Crippen molar-refractivity contribution in [2.24, 2.45) is 0 Å². The normalized spacial score (nSPS) is 11.7. The third kappa shape index (κ3) is 4.60. The van der Waals surface area contributed by atoms with Gasteiger partial charge in [0.25, 0.3) is 5.91 Å². The van der Waals surface area contributed by atoms with Crippen molar-refractivity contribution in [2.75, 3.05) is 6.54 Å². The number of carbonyl (C=O) groups excluding carboxylic acids is 3. The summed E-state index contributed by atoms with van der Waals surface area (Å²) in [5, 5.41) is 5.14. The van der Waals surface area contributed by atoms with Crippen LogP contribution < -0.4 is 10.6 Å². The number of rotatable bonds is 5. The fraction of sp³-hybridized carbons (Fsp3) is 0.238. The molecule has 1 atom stereocenters. The van der Waals surface area contributed by atoms with Crippen LogP contribution in [0.25, 0.3) is 22.4 Å². The number of aryl methyl sites for hydroxylation is 1. The van der Waals surface area contributed by atoms with E-state index >= 15 is 0 Å². The van der Waals surface area contributed by atoms with Gasteiger partial charge in [-0.25, -0.2) is 14.6 Å². The molecule has 0 unspecified atom stereocenters. The average Bonchev–Trinajstić information content (AvgIpc) is 3.13. The van der Waals surface area contributed by atoms with Gasteiger partial charge in [0.15, 0.2) is 11.9 Å². The van der Waals surface area contributed by atoms with Gasteiger partial charge in [0.2, 0.25) is 0 Å². The Bertz CT molecular complexity index is 1070. The minimum Gasteiger partial charge on any atom is -0.460 e. The number of hydrogen-bond acceptors (Lipinski definition) is 6. The van der Waals surface area contributed by atoms with Gasteiger partial charge in [0.05, 0.1) is 11.1 Å². The van der Waals surface area contributed by atoms with Gasteiger partial charge in [-0.05, 0) is 45.0 Å². The van der Waals surface area contributed by atoms with Crippen LogP contribution in [-0.4, -0.2) is 35.5 Å². The first-order valence-electron chi connectivity index (χ1n) is 9.15. The van der Waals surface area contributed by atoms with E-state index in [1.165, 1.54) is 6.92 Å². The lowest BCUT2D eigenvalue weighted by Gasteiger charge is -2.14. The van der Waals surface area contributed by atoms with E-state index in [1.54, 1.807) is 43.3 Å². The second-order valence-corrected chi connectivity index (χ2v) is 6.38. The lowest BCUT2D eigenvalue weighted by molar-refractivity contribution is -0.127. The van der Waals surface area contributed by atoms with Crippen molar-refractivity contribution >= 4 is 28.8 Å². The highest BCUT2D eigenvalue weighted by Gasteiger charge is 2.23. The first-order valence-corrected chi connectivity index (χ1v) is 9.15. The maximum atomic E-state index is 12.8. The molecule has 8 heteroatoms. The van der Waals surface area contributed by atoms with E-state index in [-0.39, 0.29) is 5.56 Å². The van der Waals surface area contributed by atoms with Gasteiger partial charge in [-0.3, -0.25) is 10.1 Å². The third-order valence-corrected chi connectivity index (χ3v) is 4.16. The van der Waals surface area contributed by atoms with Crippen LogP contribution in [0, 0.1) is 6.92 Å². The Kier molecular flexibility index (Phi) is 5.92. The van der Waals surface area contributed by atoms with Crippen LogP contribution in [0.3, 0.4) is 0 Å². The van der Waals surface area contributed by atoms with E-state index in [1.807, 2.05) is 13.0 Å². The number of carbonyl (C=O) groups is 3. The van der Waals surface area contributed by atoms with Gasteiger partial charge in [-0.2, -0.15) is 0 Å². The van der Waals surface area contributed by atoms with E-state index < -0.39 is 24.0 Å². The van der Waals surface area contributed by atoms with E-state index in [0.717, 1.165) is 5.76 Å². The molecule has 1 aromatic carbocycles. The number of aromatic nitrogens is 1. The molecule has 0 spiro atoms. The molecule has 0 saturated carbocycles. The molecule has 2 heterocycles. The number of para-hydroxylation sites is 1. The smallest absolute Gasteiger partial charge is 0.339 e. The molecule has 2 N–H and O–H groups in total. The number of esters is 1. The summed E-state index contributed by atoms with van der Waals surface area (Å²) in [6, 6.07) is 11.6. The maximum Gasteiger partial charge on any atom is 0.339 e. The number of nitrogens with one attached hydrogen (secondary N) is 2. The molecule has 0 aliphatic rings. The Morgan fingerprint density at radius 3 is 2.62 bits per heavy atom. The summed E-state index contributed by atoms with van der Waals surface area (Å²) < 4.78 is 10.9. The Morgan fingerprint density at radius 1 is 1.17 bits per heavy atom. The van der Waals surface area contributed by atoms with Crippen molar-refractivity contribution in [1.82, 2.24) is 15.6 Å². The van der Waals surface area contributed by atoms with Crippen LogP contribution in [-0.2, 0) is 9.53 Å². The predicted molar refractivity (Wildman–Crippen MR) is 106 cm³/mol. The van der Waals surface area contributed by atoms with Gasteiger partial charge in [0.1, 0.15) is 11.5 Å². The van der Waals surface area contributed by atoms with Gasteiger partial charge >= 0.3 is 12.0 Å². The summed E-state index contributed by atoms with van der Waals surface area (Å²) in [4.78, 5) is 40.9. The molecular formula is C21H21N3O5. The molecule has 0 fully saturated rings. The highest BCUT2D eigenvalue weighted by atomic mass is 16.5. The van der Waals surface area contributed by atoms with Crippen LogP contribution in [0.4, 0.5) is 4.79 Å². The van der Waals surface area contributed by atoms with Crippen molar-refractivity contribution in [3.8, 4) is 11.5 Å². The molecular weight excluding hydrogens is 374 g/mol. The van der Waals surface area contributed by atoms with Gasteiger partial charge in [-0.1, -0.05) is 18.2 Å². The van der Waals surface area contributed by atoms with Crippen molar-refractivity contribution in [1.29, 1.82) is 0 Å². The Morgan fingerprint density at radius 2 is 1.93 bits per heavy atom. The number of fused-ring (bicyclic) bond motifs is 1. The molecule has 2 aromatic heterocycles. The zero-order chi connectivity index (χ0) is 21.0. The maximum absolute atomic E-state index is 12.8. The van der Waals surface area contributed by atoms with Crippen molar-refractivity contribution in [3.63, 3.8) is 0 Å². The molecule has 0 aliphatic carbocycles. The number of benzene rings is 1. The van der Waals surface area contributed by atoms with Crippen LogP contribution in [0.5, 0.6) is 0 Å².